The van der Waals surface area contributed by atoms with Crippen LogP contribution in [-0.2, 0) is 16.0 Å². The van der Waals surface area contributed by atoms with Gasteiger partial charge >= 0.3 is 0 Å². The highest BCUT2D eigenvalue weighted by atomic mass is 16.5. The Bertz CT molecular complexity index is 801. The number of carbonyl (C=O) groups is 1. The summed E-state index contributed by atoms with van der Waals surface area (Å²) in [4.78, 5) is 33.4. The van der Waals surface area contributed by atoms with Gasteiger partial charge in [0.05, 0.1) is 13.2 Å². The average Bonchev–Trinajstić information content (AvgIpc) is 2.61. The first-order valence-electron chi connectivity index (χ1n) is 8.55. The first-order valence-corrected chi connectivity index (χ1v) is 8.55. The van der Waals surface area contributed by atoms with Crippen molar-refractivity contribution in [2.75, 3.05) is 19.7 Å². The van der Waals surface area contributed by atoms with E-state index >= 15 is 0 Å². The number of ether oxygens (including phenoxy) is 1. The number of nitrogens with zero attached hydrogens (tertiary/aromatic N) is 2. The quantitative estimate of drug-likeness (QED) is 0.922. The summed E-state index contributed by atoms with van der Waals surface area (Å²) in [6.07, 6.45) is 0.613. The van der Waals surface area contributed by atoms with Crippen LogP contribution in [0, 0.1) is 13.8 Å². The van der Waals surface area contributed by atoms with Crippen molar-refractivity contribution in [2.45, 2.75) is 32.8 Å². The van der Waals surface area contributed by atoms with Gasteiger partial charge in [0.15, 0.2) is 0 Å². The number of hydrogen-bond acceptors (Lipinski definition) is 4. The highest BCUT2D eigenvalue weighted by Crippen LogP contribution is 2.22. The van der Waals surface area contributed by atoms with Crippen LogP contribution >= 0.6 is 0 Å². The third-order valence-corrected chi connectivity index (χ3v) is 4.52. The maximum absolute atomic E-state index is 12.6. The summed E-state index contributed by atoms with van der Waals surface area (Å²) >= 11 is 0. The van der Waals surface area contributed by atoms with Crippen LogP contribution < -0.4 is 5.56 Å². The van der Waals surface area contributed by atoms with Gasteiger partial charge in [-0.15, -0.1) is 0 Å². The molecule has 2 heterocycles. The van der Waals surface area contributed by atoms with Crippen molar-refractivity contribution in [1.82, 2.24) is 14.9 Å². The topological polar surface area (TPSA) is 75.3 Å². The summed E-state index contributed by atoms with van der Waals surface area (Å²) in [7, 11) is 0. The van der Waals surface area contributed by atoms with Gasteiger partial charge in [0.2, 0.25) is 5.91 Å². The summed E-state index contributed by atoms with van der Waals surface area (Å²) < 4.78 is 5.80. The monoisotopic (exact) mass is 341 g/mol. The van der Waals surface area contributed by atoms with Gasteiger partial charge in [0, 0.05) is 24.2 Å². The molecule has 0 bridgehead atoms. The zero-order chi connectivity index (χ0) is 17.8. The minimum atomic E-state index is -0.151. The van der Waals surface area contributed by atoms with E-state index in [1.165, 1.54) is 0 Å². The fourth-order valence-electron chi connectivity index (χ4n) is 3.18. The number of nitrogens with one attached hydrogen (secondary N) is 1. The van der Waals surface area contributed by atoms with E-state index in [1.807, 2.05) is 42.2 Å². The van der Waals surface area contributed by atoms with Crippen LogP contribution in [0.25, 0.3) is 0 Å². The van der Waals surface area contributed by atoms with E-state index in [-0.39, 0.29) is 17.6 Å². The number of benzene rings is 1. The Morgan fingerprint density at radius 2 is 2.08 bits per heavy atom. The van der Waals surface area contributed by atoms with Crippen LogP contribution in [0.15, 0.2) is 35.1 Å². The molecule has 0 radical (unpaired) electrons. The van der Waals surface area contributed by atoms with Crippen molar-refractivity contribution in [2.24, 2.45) is 0 Å². The third kappa shape index (κ3) is 4.14. The third-order valence-electron chi connectivity index (χ3n) is 4.52. The lowest BCUT2D eigenvalue weighted by molar-refractivity contribution is -0.139. The van der Waals surface area contributed by atoms with Crippen molar-refractivity contribution in [1.29, 1.82) is 0 Å². The standard InChI is InChI=1S/C19H23N3O3/c1-13-16(19(24)21-14(2)20-13)8-9-18(23)22-10-11-25-17(12-22)15-6-4-3-5-7-15/h3-7,17H,8-12H2,1-2H3,(H,20,21,24)/t17-/m1/s1. The lowest BCUT2D eigenvalue weighted by atomic mass is 10.1. The molecule has 1 aromatic carbocycles. The second kappa shape index (κ2) is 7.61. The van der Waals surface area contributed by atoms with Gasteiger partial charge in [-0.05, 0) is 25.8 Å². The Morgan fingerprint density at radius 3 is 2.80 bits per heavy atom. The molecule has 6 nitrogen and oxygen atoms in total. The molecule has 1 amide bonds. The summed E-state index contributed by atoms with van der Waals surface area (Å²) in [5.41, 5.74) is 2.21. The molecule has 1 aliphatic rings. The Balaban J connectivity index is 1.63. The Kier molecular flexibility index (Phi) is 5.28. The number of rotatable bonds is 4. The van der Waals surface area contributed by atoms with E-state index in [1.54, 1.807) is 6.92 Å². The van der Waals surface area contributed by atoms with Crippen molar-refractivity contribution in [3.05, 3.63) is 63.3 Å². The van der Waals surface area contributed by atoms with E-state index in [0.29, 0.717) is 49.6 Å². The summed E-state index contributed by atoms with van der Waals surface area (Å²) in [6.45, 7) is 5.22. The molecule has 132 valence electrons. The molecule has 25 heavy (non-hydrogen) atoms. The van der Waals surface area contributed by atoms with Gasteiger partial charge in [-0.3, -0.25) is 9.59 Å². The summed E-state index contributed by atoms with van der Waals surface area (Å²) in [5, 5.41) is 0. The molecular weight excluding hydrogens is 318 g/mol. The molecule has 1 atom stereocenters. The minimum absolute atomic E-state index is 0.0450. The van der Waals surface area contributed by atoms with Crippen LogP contribution in [0.3, 0.4) is 0 Å². The van der Waals surface area contributed by atoms with Gasteiger partial charge in [0.25, 0.3) is 5.56 Å². The fourth-order valence-corrected chi connectivity index (χ4v) is 3.18. The second-order valence-corrected chi connectivity index (χ2v) is 6.33. The zero-order valence-electron chi connectivity index (χ0n) is 14.6. The predicted molar refractivity (Wildman–Crippen MR) is 94.4 cm³/mol. The van der Waals surface area contributed by atoms with Gasteiger partial charge in [-0.2, -0.15) is 0 Å². The first-order chi connectivity index (χ1) is 12.0. The van der Waals surface area contributed by atoms with Crippen LogP contribution in [0.5, 0.6) is 0 Å². The summed E-state index contributed by atoms with van der Waals surface area (Å²) in [5.74, 6) is 0.639. The molecule has 0 aliphatic carbocycles. The molecule has 1 aromatic heterocycles. The Morgan fingerprint density at radius 1 is 1.32 bits per heavy atom. The lowest BCUT2D eigenvalue weighted by Crippen LogP contribution is -2.42. The largest absolute Gasteiger partial charge is 0.370 e. The molecule has 2 aromatic rings. The molecule has 1 N–H and O–H groups in total. The van der Waals surface area contributed by atoms with Crippen molar-refractivity contribution >= 4 is 5.91 Å². The van der Waals surface area contributed by atoms with E-state index in [4.69, 9.17) is 4.74 Å². The van der Waals surface area contributed by atoms with Crippen LogP contribution in [0.1, 0.15) is 35.2 Å². The van der Waals surface area contributed by atoms with Gasteiger partial charge in [-0.25, -0.2) is 4.98 Å². The molecule has 1 saturated heterocycles. The van der Waals surface area contributed by atoms with E-state index in [0.717, 1.165) is 5.56 Å². The number of morpholine rings is 1. The Labute approximate surface area is 146 Å². The molecule has 1 fully saturated rings. The Hall–Kier alpha value is -2.47. The van der Waals surface area contributed by atoms with E-state index in [9.17, 15) is 9.59 Å². The highest BCUT2D eigenvalue weighted by molar-refractivity contribution is 5.76. The normalized spacial score (nSPS) is 17.5. The van der Waals surface area contributed by atoms with Crippen molar-refractivity contribution in [3.63, 3.8) is 0 Å². The smallest absolute Gasteiger partial charge is 0.254 e. The SMILES string of the molecule is Cc1nc(C)c(CCC(=O)N2CCO[C@@H](c3ccccc3)C2)c(=O)[nH]1. The number of carbonyl (C=O) groups excluding carboxylic acids is 1. The van der Waals surface area contributed by atoms with E-state index in [2.05, 4.69) is 9.97 Å². The number of H-pyrrole nitrogens is 1. The summed E-state index contributed by atoms with van der Waals surface area (Å²) in [6, 6.07) is 9.93. The van der Waals surface area contributed by atoms with Crippen LogP contribution in [-0.4, -0.2) is 40.5 Å². The number of aromatic amines is 1. The van der Waals surface area contributed by atoms with Crippen LogP contribution in [0.2, 0.25) is 0 Å². The molecule has 1 aliphatic heterocycles. The predicted octanol–water partition coefficient (Wildman–Crippen LogP) is 1.92. The average molecular weight is 341 g/mol. The molecule has 6 heteroatoms. The maximum atomic E-state index is 12.6. The van der Waals surface area contributed by atoms with Gasteiger partial charge in [-0.1, -0.05) is 30.3 Å². The number of aryl methyl sites for hydroxylation is 2. The van der Waals surface area contributed by atoms with Gasteiger partial charge in [0.1, 0.15) is 11.9 Å². The number of amides is 1. The van der Waals surface area contributed by atoms with Crippen LogP contribution in [0.4, 0.5) is 0 Å². The number of aromatic nitrogens is 2. The molecule has 0 spiro atoms. The maximum Gasteiger partial charge on any atom is 0.254 e. The van der Waals surface area contributed by atoms with E-state index < -0.39 is 0 Å². The molecular formula is C19H23N3O3. The first kappa shape index (κ1) is 17.4. The van der Waals surface area contributed by atoms with Gasteiger partial charge < -0.3 is 14.6 Å². The second-order valence-electron chi connectivity index (χ2n) is 6.33. The molecule has 3 rings (SSSR count). The molecule has 0 unspecified atom stereocenters. The molecule has 0 saturated carbocycles. The number of hydrogen-bond donors (Lipinski definition) is 1. The minimum Gasteiger partial charge on any atom is -0.370 e. The highest BCUT2D eigenvalue weighted by Gasteiger charge is 2.25. The fraction of sp³-hybridized carbons (Fsp3) is 0.421. The van der Waals surface area contributed by atoms with Crippen molar-refractivity contribution < 1.29 is 9.53 Å². The lowest BCUT2D eigenvalue weighted by Gasteiger charge is -2.33. The van der Waals surface area contributed by atoms with Crippen molar-refractivity contribution in [3.8, 4) is 0 Å². The zero-order valence-corrected chi connectivity index (χ0v) is 14.6.